The van der Waals surface area contributed by atoms with Gasteiger partial charge in [0.2, 0.25) is 0 Å². The zero-order chi connectivity index (χ0) is 9.83. The average molecular weight is 172 g/mol. The van der Waals surface area contributed by atoms with Crippen molar-refractivity contribution >= 4 is 0 Å². The average Bonchev–Trinajstić information content (AvgIpc) is 2.15. The van der Waals surface area contributed by atoms with Crippen LogP contribution in [0.2, 0.25) is 0 Å². The first-order chi connectivity index (χ1) is 5.49. The smallest absolute Gasteiger partial charge is 0.128 e. The van der Waals surface area contributed by atoms with Gasteiger partial charge in [0.1, 0.15) is 11.1 Å². The van der Waals surface area contributed by atoms with Crippen LogP contribution >= 0.6 is 0 Å². The van der Waals surface area contributed by atoms with Crippen LogP contribution < -0.4 is 0 Å². The van der Waals surface area contributed by atoms with Gasteiger partial charge in [0.15, 0.2) is 0 Å². The minimum absolute atomic E-state index is 0.534. The second-order valence-corrected chi connectivity index (χ2v) is 3.44. The summed E-state index contributed by atoms with van der Waals surface area (Å²) in [4.78, 5) is 21.1. The summed E-state index contributed by atoms with van der Waals surface area (Å²) in [5.41, 5.74) is -1.74. The van der Waals surface area contributed by atoms with Gasteiger partial charge in [-0.15, -0.1) is 0 Å². The topological polar surface area (TPSA) is 58.9 Å². The zero-order valence-electron chi connectivity index (χ0n) is 8.13. The lowest BCUT2D eigenvalue weighted by atomic mass is 9.77. The van der Waals surface area contributed by atoms with E-state index < -0.39 is 11.1 Å². The fraction of sp³-hybridized carbons (Fsp3) is 1.00. The standard InChI is InChI=1S/C8H16N2O2/c1-5-7(3,9-11)8(4,6-2)10-12/h5-6H2,1-4H3. The van der Waals surface area contributed by atoms with Gasteiger partial charge in [-0.25, -0.2) is 0 Å². The molecule has 0 saturated carbocycles. The molecule has 0 aliphatic rings. The third-order valence-corrected chi connectivity index (χ3v) is 2.94. The molecule has 2 atom stereocenters. The van der Waals surface area contributed by atoms with E-state index in [-0.39, 0.29) is 0 Å². The third-order valence-electron chi connectivity index (χ3n) is 2.94. The van der Waals surface area contributed by atoms with Crippen LogP contribution in [-0.2, 0) is 0 Å². The summed E-state index contributed by atoms with van der Waals surface area (Å²) < 4.78 is 0. The molecule has 0 N–H and O–H groups in total. The third kappa shape index (κ3) is 1.52. The molecule has 0 aromatic carbocycles. The molecule has 0 aliphatic heterocycles. The highest BCUT2D eigenvalue weighted by molar-refractivity contribution is 5.04. The van der Waals surface area contributed by atoms with E-state index in [2.05, 4.69) is 10.4 Å². The summed E-state index contributed by atoms with van der Waals surface area (Å²) >= 11 is 0. The quantitative estimate of drug-likeness (QED) is 0.598. The number of hydrogen-bond donors (Lipinski definition) is 0. The van der Waals surface area contributed by atoms with Gasteiger partial charge in [-0.2, -0.15) is 9.81 Å². The van der Waals surface area contributed by atoms with Gasteiger partial charge in [-0.1, -0.05) is 24.2 Å². The van der Waals surface area contributed by atoms with Crippen LogP contribution in [0.5, 0.6) is 0 Å². The fourth-order valence-corrected chi connectivity index (χ4v) is 1.09. The molecule has 0 radical (unpaired) electrons. The molecule has 0 fully saturated rings. The summed E-state index contributed by atoms with van der Waals surface area (Å²) in [6.07, 6.45) is 1.07. The molecule has 4 heteroatoms. The molecule has 0 rings (SSSR count). The lowest BCUT2D eigenvalue weighted by molar-refractivity contribution is 0.245. The zero-order valence-corrected chi connectivity index (χ0v) is 8.13. The van der Waals surface area contributed by atoms with Crippen molar-refractivity contribution in [3.8, 4) is 0 Å². The van der Waals surface area contributed by atoms with Crippen molar-refractivity contribution in [1.82, 2.24) is 0 Å². The first kappa shape index (κ1) is 11.2. The maximum absolute atomic E-state index is 10.6. The van der Waals surface area contributed by atoms with Gasteiger partial charge >= 0.3 is 0 Å². The molecular weight excluding hydrogens is 156 g/mol. The Hall–Kier alpha value is -0.800. The maximum Gasteiger partial charge on any atom is 0.128 e. The lowest BCUT2D eigenvalue weighted by Crippen LogP contribution is -2.45. The summed E-state index contributed by atoms with van der Waals surface area (Å²) in [5.74, 6) is 0. The Kier molecular flexibility index (Phi) is 3.49. The minimum Gasteiger partial charge on any atom is -0.150 e. The second kappa shape index (κ2) is 3.74. The molecular formula is C8H16N2O2. The van der Waals surface area contributed by atoms with Crippen LogP contribution in [0.4, 0.5) is 0 Å². The maximum atomic E-state index is 10.6. The Balaban J connectivity index is 4.90. The summed E-state index contributed by atoms with van der Waals surface area (Å²) in [6.45, 7) is 7.01. The van der Waals surface area contributed by atoms with Gasteiger partial charge < -0.3 is 0 Å². The van der Waals surface area contributed by atoms with Crippen molar-refractivity contribution < 1.29 is 0 Å². The first-order valence-electron chi connectivity index (χ1n) is 4.18. The Bertz CT molecular complexity index is 164. The van der Waals surface area contributed by atoms with Crippen LogP contribution in [-0.4, -0.2) is 11.1 Å². The fourth-order valence-electron chi connectivity index (χ4n) is 1.09. The number of hydrogen-bond acceptors (Lipinski definition) is 4. The predicted octanol–water partition coefficient (Wildman–Crippen LogP) is 2.86. The van der Waals surface area contributed by atoms with Gasteiger partial charge in [-0.05, 0) is 26.7 Å². The Labute approximate surface area is 72.7 Å². The Morgan fingerprint density at radius 3 is 1.25 bits per heavy atom. The van der Waals surface area contributed by atoms with Crippen molar-refractivity contribution in [3.05, 3.63) is 9.81 Å². The van der Waals surface area contributed by atoms with Crippen molar-refractivity contribution in [3.63, 3.8) is 0 Å². The van der Waals surface area contributed by atoms with Crippen molar-refractivity contribution in [2.24, 2.45) is 10.4 Å². The molecule has 0 amide bonds. The highest BCUT2D eigenvalue weighted by Crippen LogP contribution is 2.35. The van der Waals surface area contributed by atoms with Gasteiger partial charge in [0.25, 0.3) is 0 Å². The van der Waals surface area contributed by atoms with Crippen LogP contribution in [0, 0.1) is 9.81 Å². The molecule has 70 valence electrons. The van der Waals surface area contributed by atoms with Crippen LogP contribution in [0.3, 0.4) is 0 Å². The number of nitrogens with zero attached hydrogens (tertiary/aromatic N) is 2. The number of rotatable bonds is 5. The Morgan fingerprint density at radius 1 is 0.917 bits per heavy atom. The molecule has 0 spiro atoms. The highest BCUT2D eigenvalue weighted by atomic mass is 16.3. The van der Waals surface area contributed by atoms with Crippen LogP contribution in [0.15, 0.2) is 10.4 Å². The molecule has 0 bridgehead atoms. The molecule has 0 aliphatic carbocycles. The molecule has 2 unspecified atom stereocenters. The van der Waals surface area contributed by atoms with Crippen molar-refractivity contribution in [2.45, 2.75) is 51.6 Å². The van der Waals surface area contributed by atoms with Crippen molar-refractivity contribution in [2.75, 3.05) is 0 Å². The lowest BCUT2D eigenvalue weighted by Gasteiger charge is -2.33. The second-order valence-electron chi connectivity index (χ2n) is 3.44. The SMILES string of the molecule is CCC(C)(N=O)C(C)(CC)N=O. The largest absolute Gasteiger partial charge is 0.150 e. The van der Waals surface area contributed by atoms with Crippen LogP contribution in [0.25, 0.3) is 0 Å². The summed E-state index contributed by atoms with van der Waals surface area (Å²) in [6, 6.07) is 0. The predicted molar refractivity (Wildman–Crippen MR) is 49.0 cm³/mol. The Morgan fingerprint density at radius 2 is 1.17 bits per heavy atom. The molecule has 0 aromatic rings. The van der Waals surface area contributed by atoms with E-state index in [1.165, 1.54) is 0 Å². The van der Waals surface area contributed by atoms with Gasteiger partial charge in [0, 0.05) is 0 Å². The van der Waals surface area contributed by atoms with E-state index >= 15 is 0 Å². The molecule has 4 nitrogen and oxygen atoms in total. The molecule has 12 heavy (non-hydrogen) atoms. The van der Waals surface area contributed by atoms with Gasteiger partial charge in [-0.3, -0.25) is 0 Å². The number of nitroso groups, excluding NO2 is 2. The van der Waals surface area contributed by atoms with Crippen molar-refractivity contribution in [1.29, 1.82) is 0 Å². The molecule has 0 aromatic heterocycles. The van der Waals surface area contributed by atoms with E-state index in [0.29, 0.717) is 12.8 Å². The molecule has 0 heterocycles. The summed E-state index contributed by atoms with van der Waals surface area (Å²) in [7, 11) is 0. The van der Waals surface area contributed by atoms with E-state index in [9.17, 15) is 9.81 Å². The highest BCUT2D eigenvalue weighted by Gasteiger charge is 2.45. The summed E-state index contributed by atoms with van der Waals surface area (Å²) in [5, 5.41) is 6.02. The van der Waals surface area contributed by atoms with E-state index in [0.717, 1.165) is 0 Å². The van der Waals surface area contributed by atoms with Crippen LogP contribution in [0.1, 0.15) is 40.5 Å². The van der Waals surface area contributed by atoms with Gasteiger partial charge in [0.05, 0.1) is 0 Å². The minimum atomic E-state index is -0.872. The normalized spacial score (nSPS) is 20.7. The first-order valence-corrected chi connectivity index (χ1v) is 4.18. The molecule has 0 saturated heterocycles. The van der Waals surface area contributed by atoms with E-state index in [4.69, 9.17) is 0 Å². The monoisotopic (exact) mass is 172 g/mol. The van der Waals surface area contributed by atoms with E-state index in [1.807, 2.05) is 13.8 Å². The van der Waals surface area contributed by atoms with E-state index in [1.54, 1.807) is 13.8 Å².